The van der Waals surface area contributed by atoms with Crippen molar-refractivity contribution in [2.45, 2.75) is 57.7 Å². The van der Waals surface area contributed by atoms with Gasteiger partial charge in [-0.15, -0.1) is 0 Å². The molecular weight excluding hydrogens is 194 g/mol. The Labute approximate surface area is 90.8 Å². The monoisotopic (exact) mass is 215 g/mol. The average Bonchev–Trinajstić information content (AvgIpc) is 2.06. The number of primary amides is 1. The zero-order chi connectivity index (χ0) is 11.5. The van der Waals surface area contributed by atoms with E-state index in [-0.39, 0.29) is 12.0 Å². The van der Waals surface area contributed by atoms with Crippen molar-refractivity contribution in [3.8, 4) is 0 Å². The summed E-state index contributed by atoms with van der Waals surface area (Å²) in [5, 5.41) is 9.79. The van der Waals surface area contributed by atoms with Crippen molar-refractivity contribution in [1.29, 1.82) is 0 Å². The van der Waals surface area contributed by atoms with Crippen LogP contribution in [0, 0.1) is 5.92 Å². The van der Waals surface area contributed by atoms with Crippen molar-refractivity contribution in [2.24, 2.45) is 11.7 Å². The largest absolute Gasteiger partial charge is 0.444 e. The molecule has 4 heteroatoms. The molecule has 0 bridgehead atoms. The molecule has 0 spiro atoms. The van der Waals surface area contributed by atoms with Crippen molar-refractivity contribution in [1.82, 2.24) is 0 Å². The quantitative estimate of drug-likeness (QED) is 0.754. The number of amides is 1. The fourth-order valence-electron chi connectivity index (χ4n) is 2.37. The van der Waals surface area contributed by atoms with Crippen LogP contribution in [0.25, 0.3) is 0 Å². The first-order valence-electron chi connectivity index (χ1n) is 5.57. The molecule has 1 fully saturated rings. The SMILES string of the molecule is CC(C)(CC1CCCCC1O)OC(N)=O. The lowest BCUT2D eigenvalue weighted by Crippen LogP contribution is -2.37. The van der Waals surface area contributed by atoms with Crippen LogP contribution in [0.2, 0.25) is 0 Å². The molecule has 0 radical (unpaired) electrons. The molecule has 0 aromatic carbocycles. The Morgan fingerprint density at radius 3 is 2.60 bits per heavy atom. The lowest BCUT2D eigenvalue weighted by Gasteiger charge is -2.34. The number of aliphatic hydroxyl groups excluding tert-OH is 1. The molecule has 0 aliphatic heterocycles. The molecule has 2 unspecified atom stereocenters. The fraction of sp³-hybridized carbons (Fsp3) is 0.909. The summed E-state index contributed by atoms with van der Waals surface area (Å²) >= 11 is 0. The van der Waals surface area contributed by atoms with E-state index in [0.717, 1.165) is 25.7 Å². The van der Waals surface area contributed by atoms with E-state index in [1.807, 2.05) is 13.8 Å². The summed E-state index contributed by atoms with van der Waals surface area (Å²) in [5.74, 6) is 0.230. The number of hydrogen-bond donors (Lipinski definition) is 2. The molecule has 1 rings (SSSR count). The molecule has 0 aromatic rings. The van der Waals surface area contributed by atoms with E-state index in [1.165, 1.54) is 0 Å². The molecule has 0 aromatic heterocycles. The van der Waals surface area contributed by atoms with E-state index in [2.05, 4.69) is 0 Å². The Morgan fingerprint density at radius 1 is 1.47 bits per heavy atom. The van der Waals surface area contributed by atoms with E-state index in [9.17, 15) is 9.90 Å². The third-order valence-electron chi connectivity index (χ3n) is 3.00. The van der Waals surface area contributed by atoms with E-state index < -0.39 is 11.7 Å². The van der Waals surface area contributed by atoms with Gasteiger partial charge in [0.15, 0.2) is 0 Å². The summed E-state index contributed by atoms with van der Waals surface area (Å²) in [6.45, 7) is 3.66. The van der Waals surface area contributed by atoms with E-state index in [0.29, 0.717) is 6.42 Å². The van der Waals surface area contributed by atoms with Crippen LogP contribution in [0.3, 0.4) is 0 Å². The van der Waals surface area contributed by atoms with Gasteiger partial charge < -0.3 is 15.6 Å². The first-order valence-corrected chi connectivity index (χ1v) is 5.57. The number of carbonyl (C=O) groups excluding carboxylic acids is 1. The molecule has 88 valence electrons. The molecule has 4 nitrogen and oxygen atoms in total. The zero-order valence-electron chi connectivity index (χ0n) is 9.53. The maximum Gasteiger partial charge on any atom is 0.405 e. The Balaban J connectivity index is 2.47. The third kappa shape index (κ3) is 4.08. The molecule has 0 heterocycles. The van der Waals surface area contributed by atoms with Gasteiger partial charge in [-0.25, -0.2) is 4.79 Å². The fourth-order valence-corrected chi connectivity index (χ4v) is 2.37. The molecule has 1 amide bonds. The van der Waals surface area contributed by atoms with Crippen LogP contribution < -0.4 is 5.73 Å². The van der Waals surface area contributed by atoms with Crippen molar-refractivity contribution in [2.75, 3.05) is 0 Å². The molecule has 15 heavy (non-hydrogen) atoms. The Hall–Kier alpha value is -0.770. The van der Waals surface area contributed by atoms with Gasteiger partial charge in [-0.2, -0.15) is 0 Å². The van der Waals surface area contributed by atoms with Crippen LogP contribution in [-0.4, -0.2) is 22.9 Å². The van der Waals surface area contributed by atoms with Crippen LogP contribution in [0.5, 0.6) is 0 Å². The summed E-state index contributed by atoms with van der Waals surface area (Å²) < 4.78 is 5.02. The van der Waals surface area contributed by atoms with Crippen molar-refractivity contribution in [3.63, 3.8) is 0 Å². The second-order valence-corrected chi connectivity index (χ2v) is 5.00. The van der Waals surface area contributed by atoms with Gasteiger partial charge in [-0.05, 0) is 39.0 Å². The van der Waals surface area contributed by atoms with Gasteiger partial charge in [0, 0.05) is 0 Å². The highest BCUT2D eigenvalue weighted by molar-refractivity contribution is 5.65. The zero-order valence-corrected chi connectivity index (χ0v) is 9.53. The highest BCUT2D eigenvalue weighted by Crippen LogP contribution is 2.32. The minimum absolute atomic E-state index is 0.230. The molecule has 0 saturated heterocycles. The topological polar surface area (TPSA) is 72.6 Å². The summed E-state index contributed by atoms with van der Waals surface area (Å²) in [5.41, 5.74) is 4.42. The smallest absolute Gasteiger partial charge is 0.405 e. The number of nitrogens with two attached hydrogens (primary N) is 1. The van der Waals surface area contributed by atoms with Crippen LogP contribution in [0.15, 0.2) is 0 Å². The van der Waals surface area contributed by atoms with Gasteiger partial charge in [0.25, 0.3) is 0 Å². The number of ether oxygens (including phenoxy) is 1. The minimum atomic E-state index is -0.745. The Bertz CT molecular complexity index is 228. The predicted octanol–water partition coefficient (Wildman–Crippen LogP) is 1.80. The summed E-state index contributed by atoms with van der Waals surface area (Å²) in [4.78, 5) is 10.7. The van der Waals surface area contributed by atoms with E-state index in [1.54, 1.807) is 0 Å². The van der Waals surface area contributed by atoms with Gasteiger partial charge >= 0.3 is 6.09 Å². The summed E-state index contributed by atoms with van der Waals surface area (Å²) in [6, 6.07) is 0. The highest BCUT2D eigenvalue weighted by Gasteiger charge is 2.31. The minimum Gasteiger partial charge on any atom is -0.444 e. The van der Waals surface area contributed by atoms with Gasteiger partial charge in [0.2, 0.25) is 0 Å². The number of hydrogen-bond acceptors (Lipinski definition) is 3. The summed E-state index contributed by atoms with van der Waals surface area (Å²) in [7, 11) is 0. The summed E-state index contributed by atoms with van der Waals surface area (Å²) in [6.07, 6.45) is 3.78. The van der Waals surface area contributed by atoms with Crippen LogP contribution in [0.1, 0.15) is 46.0 Å². The van der Waals surface area contributed by atoms with Gasteiger partial charge in [-0.1, -0.05) is 12.8 Å². The van der Waals surface area contributed by atoms with Gasteiger partial charge in [0.05, 0.1) is 6.10 Å². The van der Waals surface area contributed by atoms with E-state index in [4.69, 9.17) is 10.5 Å². The highest BCUT2D eigenvalue weighted by atomic mass is 16.6. The van der Waals surface area contributed by atoms with Crippen LogP contribution >= 0.6 is 0 Å². The standard InChI is InChI=1S/C11H21NO3/c1-11(2,15-10(12)14)7-8-5-3-4-6-9(8)13/h8-9,13H,3-7H2,1-2H3,(H2,12,14). The number of aliphatic hydroxyl groups is 1. The lowest BCUT2D eigenvalue weighted by molar-refractivity contribution is -0.0125. The second-order valence-electron chi connectivity index (χ2n) is 5.00. The number of carbonyl (C=O) groups is 1. The maximum absolute atomic E-state index is 10.7. The first kappa shape index (κ1) is 12.3. The predicted molar refractivity (Wildman–Crippen MR) is 57.3 cm³/mol. The van der Waals surface area contributed by atoms with Gasteiger partial charge in [-0.3, -0.25) is 0 Å². The molecule has 2 atom stereocenters. The molecule has 1 saturated carbocycles. The molecule has 3 N–H and O–H groups in total. The van der Waals surface area contributed by atoms with Crippen molar-refractivity contribution >= 4 is 6.09 Å². The van der Waals surface area contributed by atoms with Gasteiger partial charge in [0.1, 0.15) is 5.60 Å². The average molecular weight is 215 g/mol. The van der Waals surface area contributed by atoms with Crippen LogP contribution in [-0.2, 0) is 4.74 Å². The molecule has 1 aliphatic rings. The van der Waals surface area contributed by atoms with Crippen molar-refractivity contribution in [3.05, 3.63) is 0 Å². The molecular formula is C11H21NO3. The van der Waals surface area contributed by atoms with Crippen molar-refractivity contribution < 1.29 is 14.6 Å². The Kier molecular flexibility index (Phi) is 3.97. The third-order valence-corrected chi connectivity index (χ3v) is 3.00. The maximum atomic E-state index is 10.7. The number of rotatable bonds is 3. The lowest BCUT2D eigenvalue weighted by atomic mass is 9.80. The normalized spacial score (nSPS) is 27.4. The second kappa shape index (κ2) is 4.84. The Morgan fingerprint density at radius 2 is 2.07 bits per heavy atom. The van der Waals surface area contributed by atoms with Crippen LogP contribution in [0.4, 0.5) is 4.79 Å². The van der Waals surface area contributed by atoms with E-state index >= 15 is 0 Å². The first-order chi connectivity index (χ1) is 6.91. The molecule has 1 aliphatic carbocycles.